The number of nitrogens with zero attached hydrogens (tertiary/aromatic N) is 3. The maximum Gasteiger partial charge on any atom is 0.0764 e. The zero-order valence-electron chi connectivity index (χ0n) is 14.0. The van der Waals surface area contributed by atoms with Gasteiger partial charge in [-0.1, -0.05) is 20.3 Å². The van der Waals surface area contributed by atoms with Gasteiger partial charge in [0.05, 0.1) is 5.69 Å². The molecule has 4 nitrogen and oxygen atoms in total. The van der Waals surface area contributed by atoms with E-state index in [0.717, 1.165) is 26.1 Å². The number of piperidine rings is 1. The summed E-state index contributed by atoms with van der Waals surface area (Å²) in [6, 6.07) is 3.35. The summed E-state index contributed by atoms with van der Waals surface area (Å²) in [5, 5.41) is 8.41. The minimum absolute atomic E-state index is 0.499. The molecule has 1 aromatic heterocycles. The predicted octanol–water partition coefficient (Wildman–Crippen LogP) is 3.21. The van der Waals surface area contributed by atoms with Crippen LogP contribution in [0.1, 0.15) is 64.6 Å². The Morgan fingerprint density at radius 1 is 1.43 bits per heavy atom. The van der Waals surface area contributed by atoms with Gasteiger partial charge in [0.1, 0.15) is 0 Å². The summed E-state index contributed by atoms with van der Waals surface area (Å²) in [5.41, 5.74) is 1.21. The van der Waals surface area contributed by atoms with Crippen LogP contribution in [0.4, 0.5) is 0 Å². The third-order valence-electron chi connectivity index (χ3n) is 4.52. The van der Waals surface area contributed by atoms with Gasteiger partial charge in [0.15, 0.2) is 0 Å². The van der Waals surface area contributed by atoms with Gasteiger partial charge in [-0.3, -0.25) is 9.58 Å². The molecule has 1 aliphatic rings. The Hall–Kier alpha value is -0.870. The lowest BCUT2D eigenvalue weighted by atomic mass is 10.0. The van der Waals surface area contributed by atoms with Crippen LogP contribution in [0.2, 0.25) is 0 Å². The standard InChI is InChI=1S/C17H32N4/c1-4-11-20(13-16-8-6-7-10-18-16)14-17-9-12-21(19-17)15(3)5-2/h9,12,15-16,18H,4-8,10-11,13-14H2,1-3H3. The van der Waals surface area contributed by atoms with Gasteiger partial charge in [0.2, 0.25) is 0 Å². The van der Waals surface area contributed by atoms with Gasteiger partial charge in [0, 0.05) is 31.4 Å². The number of nitrogens with one attached hydrogen (secondary N) is 1. The second-order valence-electron chi connectivity index (χ2n) is 6.43. The molecule has 4 heteroatoms. The molecule has 120 valence electrons. The van der Waals surface area contributed by atoms with Crippen molar-refractivity contribution in [3.8, 4) is 0 Å². The maximum absolute atomic E-state index is 4.75. The summed E-state index contributed by atoms with van der Waals surface area (Å²) in [4.78, 5) is 2.56. The fourth-order valence-corrected chi connectivity index (χ4v) is 3.07. The Morgan fingerprint density at radius 3 is 2.95 bits per heavy atom. The van der Waals surface area contributed by atoms with Gasteiger partial charge >= 0.3 is 0 Å². The van der Waals surface area contributed by atoms with Crippen molar-refractivity contribution in [2.45, 2.75) is 71.5 Å². The largest absolute Gasteiger partial charge is 0.313 e. The summed E-state index contributed by atoms with van der Waals surface area (Å²) in [6.45, 7) is 11.2. The summed E-state index contributed by atoms with van der Waals surface area (Å²) >= 11 is 0. The van der Waals surface area contributed by atoms with Crippen LogP contribution >= 0.6 is 0 Å². The van der Waals surface area contributed by atoms with Crippen LogP contribution in [0.15, 0.2) is 12.3 Å². The lowest BCUT2D eigenvalue weighted by molar-refractivity contribution is 0.214. The molecule has 0 spiro atoms. The van der Waals surface area contributed by atoms with Crippen LogP contribution in [0.25, 0.3) is 0 Å². The highest BCUT2D eigenvalue weighted by Crippen LogP contribution is 2.13. The molecule has 0 aliphatic carbocycles. The van der Waals surface area contributed by atoms with E-state index >= 15 is 0 Å². The van der Waals surface area contributed by atoms with Crippen molar-refractivity contribution in [2.24, 2.45) is 0 Å². The quantitative estimate of drug-likeness (QED) is 0.798. The van der Waals surface area contributed by atoms with E-state index in [1.54, 1.807) is 0 Å². The molecular formula is C17H32N4. The molecule has 1 saturated heterocycles. The van der Waals surface area contributed by atoms with Crippen molar-refractivity contribution < 1.29 is 0 Å². The Kier molecular flexibility index (Phi) is 6.71. The van der Waals surface area contributed by atoms with Gasteiger partial charge in [-0.05, 0) is 51.8 Å². The highest BCUT2D eigenvalue weighted by atomic mass is 15.3. The molecule has 0 amide bonds. The average molecular weight is 292 g/mol. The van der Waals surface area contributed by atoms with Crippen LogP contribution < -0.4 is 5.32 Å². The van der Waals surface area contributed by atoms with Crippen LogP contribution in [-0.2, 0) is 6.54 Å². The SMILES string of the molecule is CCCN(Cc1ccn(C(C)CC)n1)CC1CCCCN1. The molecule has 0 aromatic carbocycles. The molecule has 2 unspecified atom stereocenters. The average Bonchev–Trinajstić information content (AvgIpc) is 2.96. The Balaban J connectivity index is 1.90. The van der Waals surface area contributed by atoms with E-state index in [-0.39, 0.29) is 0 Å². The van der Waals surface area contributed by atoms with Gasteiger partial charge in [-0.15, -0.1) is 0 Å². The molecule has 1 aromatic rings. The van der Waals surface area contributed by atoms with E-state index in [1.165, 1.54) is 37.9 Å². The third kappa shape index (κ3) is 5.11. The first kappa shape index (κ1) is 16.5. The number of aromatic nitrogens is 2. The van der Waals surface area contributed by atoms with Crippen LogP contribution in [-0.4, -0.2) is 40.4 Å². The van der Waals surface area contributed by atoms with Gasteiger partial charge < -0.3 is 5.32 Å². The minimum Gasteiger partial charge on any atom is -0.313 e. The molecule has 21 heavy (non-hydrogen) atoms. The lowest BCUT2D eigenvalue weighted by Crippen LogP contribution is -2.43. The summed E-state index contributed by atoms with van der Waals surface area (Å²) in [5.74, 6) is 0. The van der Waals surface area contributed by atoms with Crippen molar-refractivity contribution in [2.75, 3.05) is 19.6 Å². The van der Waals surface area contributed by atoms with E-state index in [9.17, 15) is 0 Å². The lowest BCUT2D eigenvalue weighted by Gasteiger charge is -2.30. The first-order chi connectivity index (χ1) is 10.2. The zero-order valence-corrected chi connectivity index (χ0v) is 14.0. The Bertz CT molecular complexity index is 395. The van der Waals surface area contributed by atoms with Crippen molar-refractivity contribution >= 4 is 0 Å². The molecule has 0 saturated carbocycles. The van der Waals surface area contributed by atoms with Gasteiger partial charge in [0.25, 0.3) is 0 Å². The zero-order chi connectivity index (χ0) is 15.1. The van der Waals surface area contributed by atoms with Crippen molar-refractivity contribution in [3.05, 3.63) is 18.0 Å². The maximum atomic E-state index is 4.75. The molecule has 2 atom stereocenters. The van der Waals surface area contributed by atoms with Crippen LogP contribution in [0.3, 0.4) is 0 Å². The topological polar surface area (TPSA) is 33.1 Å². The molecule has 0 radical (unpaired) electrons. The third-order valence-corrected chi connectivity index (χ3v) is 4.52. The first-order valence-corrected chi connectivity index (χ1v) is 8.72. The summed E-state index contributed by atoms with van der Waals surface area (Å²) in [7, 11) is 0. The molecule has 0 bridgehead atoms. The van der Waals surface area contributed by atoms with Gasteiger partial charge in [-0.2, -0.15) is 5.10 Å². The second-order valence-corrected chi connectivity index (χ2v) is 6.43. The van der Waals surface area contributed by atoms with Gasteiger partial charge in [-0.25, -0.2) is 0 Å². The van der Waals surface area contributed by atoms with Crippen molar-refractivity contribution in [1.82, 2.24) is 20.0 Å². The number of hydrogen-bond acceptors (Lipinski definition) is 3. The van der Waals surface area contributed by atoms with Crippen LogP contribution in [0, 0.1) is 0 Å². The van der Waals surface area contributed by atoms with E-state index in [2.05, 4.69) is 47.9 Å². The molecule has 1 aliphatic heterocycles. The number of hydrogen-bond donors (Lipinski definition) is 1. The Labute approximate surface area is 129 Å². The second kappa shape index (κ2) is 8.54. The van der Waals surface area contributed by atoms with E-state index in [1.807, 2.05) is 0 Å². The highest BCUT2D eigenvalue weighted by molar-refractivity contribution is 5.00. The van der Waals surface area contributed by atoms with E-state index in [0.29, 0.717) is 12.1 Å². The fraction of sp³-hybridized carbons (Fsp3) is 0.824. The Morgan fingerprint density at radius 2 is 2.29 bits per heavy atom. The minimum atomic E-state index is 0.499. The summed E-state index contributed by atoms with van der Waals surface area (Å²) in [6.07, 6.45) is 8.50. The van der Waals surface area contributed by atoms with Crippen LogP contribution in [0.5, 0.6) is 0 Å². The highest BCUT2D eigenvalue weighted by Gasteiger charge is 2.17. The monoisotopic (exact) mass is 292 g/mol. The normalized spacial score (nSPS) is 20.9. The molecule has 1 N–H and O–H groups in total. The van der Waals surface area contributed by atoms with E-state index in [4.69, 9.17) is 5.10 Å². The van der Waals surface area contributed by atoms with E-state index < -0.39 is 0 Å². The van der Waals surface area contributed by atoms with Crippen molar-refractivity contribution in [1.29, 1.82) is 0 Å². The number of rotatable bonds is 8. The predicted molar refractivity (Wildman–Crippen MR) is 88.4 cm³/mol. The first-order valence-electron chi connectivity index (χ1n) is 8.72. The fourth-order valence-electron chi connectivity index (χ4n) is 3.07. The van der Waals surface area contributed by atoms with Crippen molar-refractivity contribution in [3.63, 3.8) is 0 Å². The molecule has 2 rings (SSSR count). The smallest absolute Gasteiger partial charge is 0.0764 e. The summed E-state index contributed by atoms with van der Waals surface area (Å²) < 4.78 is 2.11. The molecular weight excluding hydrogens is 260 g/mol. The molecule has 1 fully saturated rings. The molecule has 2 heterocycles.